The van der Waals surface area contributed by atoms with E-state index in [1.54, 1.807) is 0 Å². The molecule has 1 atom stereocenters. The van der Waals surface area contributed by atoms with Crippen molar-refractivity contribution in [2.45, 2.75) is 13.1 Å². The number of hydrogen-bond acceptors (Lipinski definition) is 3. The number of hydrogen-bond donors (Lipinski definition) is 1. The molecule has 2 N–H and O–H groups in total. The molecule has 0 aliphatic rings. The molecule has 9 heteroatoms. The minimum atomic E-state index is -4.63. The fraction of sp³-hybridized carbons (Fsp3) is 0.167. The van der Waals surface area contributed by atoms with Gasteiger partial charge >= 0.3 is 6.18 Å². The van der Waals surface area contributed by atoms with Gasteiger partial charge in [0.25, 0.3) is 5.56 Å². The van der Waals surface area contributed by atoms with E-state index in [1.807, 2.05) is 0 Å². The van der Waals surface area contributed by atoms with Crippen molar-refractivity contribution < 1.29 is 13.2 Å². The predicted octanol–water partition coefficient (Wildman–Crippen LogP) is 2.30. The molecule has 0 saturated carbocycles. The number of alkyl halides is 3. The maximum atomic E-state index is 12.7. The maximum absolute atomic E-state index is 12.7. The molecule has 1 unspecified atom stereocenters. The van der Waals surface area contributed by atoms with Gasteiger partial charge in [-0.3, -0.25) is 4.79 Å². The molecule has 1 heterocycles. The molecule has 112 valence electrons. The monoisotopic (exact) mass is 335 g/mol. The summed E-state index contributed by atoms with van der Waals surface area (Å²) in [7, 11) is 2.33. The molecule has 0 radical (unpaired) electrons. The molecule has 0 aliphatic carbocycles. The third-order valence-electron chi connectivity index (χ3n) is 2.90. The summed E-state index contributed by atoms with van der Waals surface area (Å²) in [4.78, 5) is 12.1. The highest BCUT2D eigenvalue weighted by atomic mass is 35.5. The maximum Gasteiger partial charge on any atom is 0.418 e. The highest BCUT2D eigenvalue weighted by Gasteiger charge is 2.34. The Balaban J connectivity index is 2.71. The van der Waals surface area contributed by atoms with Crippen LogP contribution in [0.3, 0.4) is 0 Å². The van der Waals surface area contributed by atoms with E-state index in [0.29, 0.717) is 11.5 Å². The van der Waals surface area contributed by atoms with Crippen molar-refractivity contribution in [2.75, 3.05) is 5.73 Å². The van der Waals surface area contributed by atoms with Crippen LogP contribution < -0.4 is 16.6 Å². The first kappa shape index (κ1) is 15.8. The number of rotatable bonds is 1. The van der Waals surface area contributed by atoms with Crippen LogP contribution in [0.25, 0.3) is 5.69 Å². The van der Waals surface area contributed by atoms with E-state index >= 15 is 0 Å². The zero-order valence-electron chi connectivity index (χ0n) is 10.7. The van der Waals surface area contributed by atoms with Gasteiger partial charge in [-0.2, -0.15) is 23.0 Å². The Bertz CT molecular complexity index is 774. The van der Waals surface area contributed by atoms with Gasteiger partial charge < -0.3 is 5.73 Å². The van der Waals surface area contributed by atoms with Crippen molar-refractivity contribution in [2.24, 2.45) is 0 Å². The molecule has 0 fully saturated rings. The first-order valence-electron chi connectivity index (χ1n) is 5.64. The first-order chi connectivity index (χ1) is 9.62. The van der Waals surface area contributed by atoms with Gasteiger partial charge in [0.2, 0.25) is 0 Å². The lowest BCUT2D eigenvalue weighted by atomic mass is 10.2. The van der Waals surface area contributed by atoms with E-state index in [-0.39, 0.29) is 16.4 Å². The second kappa shape index (κ2) is 5.31. The van der Waals surface area contributed by atoms with Crippen molar-refractivity contribution in [3.05, 3.63) is 44.8 Å². The van der Waals surface area contributed by atoms with Crippen LogP contribution in [0.15, 0.2) is 23.1 Å². The topological polar surface area (TPSA) is 60.9 Å². The molecule has 0 spiro atoms. The lowest BCUT2D eigenvalue weighted by Crippen LogP contribution is -2.29. The van der Waals surface area contributed by atoms with Gasteiger partial charge in [-0.15, -0.1) is 9.24 Å². The summed E-state index contributed by atoms with van der Waals surface area (Å²) >= 11 is 5.83. The predicted molar refractivity (Wildman–Crippen MR) is 78.3 cm³/mol. The molecule has 2 aromatic rings. The Labute approximate surface area is 124 Å². The van der Waals surface area contributed by atoms with E-state index in [0.717, 1.165) is 11.6 Å². The quantitative estimate of drug-likeness (QED) is 0.642. The molecule has 4 nitrogen and oxygen atoms in total. The summed E-state index contributed by atoms with van der Waals surface area (Å²) in [6.45, 7) is 1.10. The highest BCUT2D eigenvalue weighted by molar-refractivity contribution is 7.27. The summed E-state index contributed by atoms with van der Waals surface area (Å²) in [6.07, 6.45) is -4.01. The molecule has 1 aromatic heterocycles. The summed E-state index contributed by atoms with van der Waals surface area (Å²) in [5, 5.41) is 4.35. The molecular formula is C12H10ClF3N3OP. The minimum absolute atomic E-state index is 0.198. The van der Waals surface area contributed by atoms with Crippen molar-refractivity contribution in [1.29, 1.82) is 0 Å². The Morgan fingerprint density at radius 1 is 1.38 bits per heavy atom. The molecule has 21 heavy (non-hydrogen) atoms. The SMILES string of the molecule is Cc1c(C(F)(F)F)cnn(-c2cc(N)c(Cl)cc2P)c1=O. The van der Waals surface area contributed by atoms with Crippen molar-refractivity contribution in [3.8, 4) is 5.69 Å². The van der Waals surface area contributed by atoms with E-state index in [1.165, 1.54) is 12.1 Å². The fourth-order valence-electron chi connectivity index (χ4n) is 1.77. The van der Waals surface area contributed by atoms with Crippen LogP contribution in [0, 0.1) is 6.92 Å². The molecule has 0 saturated heterocycles. The smallest absolute Gasteiger partial charge is 0.397 e. The number of nitrogens with zero attached hydrogens (tertiary/aromatic N) is 2. The second-order valence-corrected chi connectivity index (χ2v) is 5.36. The van der Waals surface area contributed by atoms with Gasteiger partial charge in [-0.05, 0) is 24.4 Å². The van der Waals surface area contributed by atoms with Gasteiger partial charge in [-0.25, -0.2) is 0 Å². The van der Waals surface area contributed by atoms with E-state index in [9.17, 15) is 18.0 Å². The number of benzene rings is 1. The number of aromatic nitrogens is 2. The summed E-state index contributed by atoms with van der Waals surface area (Å²) in [6, 6.07) is 2.86. The zero-order chi connectivity index (χ0) is 15.9. The number of anilines is 1. The van der Waals surface area contributed by atoms with Crippen LogP contribution in [0.2, 0.25) is 5.02 Å². The highest BCUT2D eigenvalue weighted by Crippen LogP contribution is 2.30. The van der Waals surface area contributed by atoms with Crippen LogP contribution in [0.4, 0.5) is 18.9 Å². The Morgan fingerprint density at radius 2 is 2.00 bits per heavy atom. The van der Waals surface area contributed by atoms with E-state index in [2.05, 4.69) is 14.3 Å². The van der Waals surface area contributed by atoms with Crippen LogP contribution in [-0.4, -0.2) is 9.78 Å². The average molecular weight is 336 g/mol. The standard InChI is InChI=1S/C12H10ClF3N3OP/c1-5-6(12(14,15)16)4-18-19(11(5)20)9-3-8(17)7(13)2-10(9)21/h2-4H,17,21H2,1H3. The Hall–Kier alpha value is -1.59. The van der Waals surface area contributed by atoms with Crippen molar-refractivity contribution in [1.82, 2.24) is 9.78 Å². The first-order valence-corrected chi connectivity index (χ1v) is 6.59. The van der Waals surface area contributed by atoms with Gasteiger partial charge in [-0.1, -0.05) is 11.6 Å². The molecule has 0 aliphatic heterocycles. The lowest BCUT2D eigenvalue weighted by molar-refractivity contribution is -0.138. The van der Waals surface area contributed by atoms with Crippen LogP contribution >= 0.6 is 20.8 Å². The van der Waals surface area contributed by atoms with Crippen LogP contribution in [0.1, 0.15) is 11.1 Å². The lowest BCUT2D eigenvalue weighted by Gasteiger charge is -2.13. The largest absolute Gasteiger partial charge is 0.418 e. The minimum Gasteiger partial charge on any atom is -0.397 e. The van der Waals surface area contributed by atoms with Crippen LogP contribution in [-0.2, 0) is 6.18 Å². The Kier molecular flexibility index (Phi) is 4.00. The summed E-state index contributed by atoms with van der Waals surface area (Å²) < 4.78 is 39.0. The zero-order valence-corrected chi connectivity index (χ0v) is 12.6. The molecular weight excluding hydrogens is 326 g/mol. The number of nitrogen functional groups attached to an aromatic ring is 1. The summed E-state index contributed by atoms with van der Waals surface area (Å²) in [5.74, 6) is 0. The second-order valence-electron chi connectivity index (χ2n) is 4.33. The normalized spacial score (nSPS) is 11.7. The van der Waals surface area contributed by atoms with Crippen molar-refractivity contribution in [3.63, 3.8) is 0 Å². The summed E-state index contributed by atoms with van der Waals surface area (Å²) in [5.41, 5.74) is 3.74. The number of nitrogens with two attached hydrogens (primary N) is 1. The molecule has 0 bridgehead atoms. The molecule has 2 rings (SSSR count). The van der Waals surface area contributed by atoms with Crippen molar-refractivity contribution >= 4 is 31.8 Å². The van der Waals surface area contributed by atoms with E-state index in [4.69, 9.17) is 17.3 Å². The van der Waals surface area contributed by atoms with Gasteiger partial charge in [0.15, 0.2) is 0 Å². The molecule has 1 aromatic carbocycles. The average Bonchev–Trinajstić information content (AvgIpc) is 2.36. The van der Waals surface area contributed by atoms with Crippen LogP contribution in [0.5, 0.6) is 0 Å². The van der Waals surface area contributed by atoms with Gasteiger partial charge in [0.1, 0.15) is 0 Å². The van der Waals surface area contributed by atoms with Gasteiger partial charge in [0, 0.05) is 5.56 Å². The molecule has 0 amide bonds. The van der Waals surface area contributed by atoms with E-state index < -0.39 is 22.9 Å². The number of halogens is 4. The Morgan fingerprint density at radius 3 is 2.57 bits per heavy atom. The third kappa shape index (κ3) is 2.89. The third-order valence-corrected chi connectivity index (χ3v) is 3.69. The fourth-order valence-corrected chi connectivity index (χ4v) is 2.42. The van der Waals surface area contributed by atoms with Gasteiger partial charge in [0.05, 0.1) is 28.2 Å².